The number of carboxylic acids is 1. The topological polar surface area (TPSA) is 166 Å². The molecule has 0 aliphatic carbocycles. The summed E-state index contributed by atoms with van der Waals surface area (Å²) in [4.78, 5) is 55.8. The van der Waals surface area contributed by atoms with Crippen molar-refractivity contribution in [1.29, 1.82) is 0 Å². The van der Waals surface area contributed by atoms with Gasteiger partial charge in [-0.25, -0.2) is 9.59 Å². The van der Waals surface area contributed by atoms with Crippen LogP contribution < -0.4 is 118 Å². The second-order valence-electron chi connectivity index (χ2n) is 6.39. The largest absolute Gasteiger partial charge is 1.00 e. The molecule has 0 radical (unpaired) electrons. The number of carbonyl (C=O) groups is 5. The van der Waals surface area contributed by atoms with E-state index in [9.17, 15) is 19.2 Å². The van der Waals surface area contributed by atoms with Gasteiger partial charge in [-0.1, -0.05) is 0 Å². The number of methoxy groups -OCH3 is 1. The summed E-state index contributed by atoms with van der Waals surface area (Å²) in [5.41, 5.74) is 1.13. The molecule has 2 aromatic carbocycles. The molecular weight excluding hydrogens is 542 g/mol. The van der Waals surface area contributed by atoms with Gasteiger partial charge in [-0.2, -0.15) is 0 Å². The van der Waals surface area contributed by atoms with E-state index < -0.39 is 11.9 Å². The monoisotopic (exact) mass is 570 g/mol. The smallest absolute Gasteiger partial charge is 1.00 e. The van der Waals surface area contributed by atoms with Crippen molar-refractivity contribution in [2.75, 3.05) is 20.3 Å². The molecule has 0 amide bonds. The molecule has 0 bridgehead atoms. The number of benzene rings is 2. The third-order valence-electron chi connectivity index (χ3n) is 4.05. The predicted octanol–water partition coefficient (Wildman–Crippen LogP) is -3.38. The average molecular weight is 571 g/mol. The molecule has 2 aromatic rings. The molecule has 0 fully saturated rings. The number of ketones is 2. The van der Waals surface area contributed by atoms with E-state index in [2.05, 4.69) is 9.62 Å². The molecule has 0 atom stereocenters. The summed E-state index contributed by atoms with van der Waals surface area (Å²) in [6.45, 7) is 7.08. The summed E-state index contributed by atoms with van der Waals surface area (Å²) in [6, 6.07) is 9.10. The van der Waals surface area contributed by atoms with E-state index in [-0.39, 0.29) is 139 Å². The second-order valence-corrected chi connectivity index (χ2v) is 6.39. The molecule has 0 heterocycles. The van der Waals surface area contributed by atoms with Crippen molar-refractivity contribution in [3.63, 3.8) is 0 Å². The number of hydrogen-bond acceptors (Lipinski definition) is 10. The SMILES string of the molecule is CCOc1ccc(C(C)=O)cc1C(=O)O.CCOc1ccc(C(C)=O)cc1C(=O)OC.O=CO[O-].[H-].[K+].[K+]. The van der Waals surface area contributed by atoms with E-state index in [1.165, 1.54) is 39.2 Å². The van der Waals surface area contributed by atoms with Gasteiger partial charge in [0.25, 0.3) is 6.47 Å². The number of rotatable bonds is 9. The van der Waals surface area contributed by atoms with Gasteiger partial charge in [0, 0.05) is 11.1 Å². The second kappa shape index (κ2) is 23.0. The Kier molecular flexibility index (Phi) is 25.1. The number of esters is 1. The van der Waals surface area contributed by atoms with Crippen LogP contribution in [0.1, 0.15) is 70.6 Å². The van der Waals surface area contributed by atoms with E-state index in [1.807, 2.05) is 6.92 Å². The van der Waals surface area contributed by atoms with Gasteiger partial charge in [0.2, 0.25) is 0 Å². The van der Waals surface area contributed by atoms with Crippen molar-refractivity contribution < 1.29 is 158 Å². The molecule has 0 aliphatic heterocycles. The van der Waals surface area contributed by atoms with Gasteiger partial charge in [0.15, 0.2) is 11.6 Å². The minimum absolute atomic E-state index is 0. The summed E-state index contributed by atoms with van der Waals surface area (Å²) >= 11 is 0. The number of hydrogen-bond donors (Lipinski definition) is 1. The van der Waals surface area contributed by atoms with E-state index in [4.69, 9.17) is 24.6 Å². The molecule has 0 unspecified atom stereocenters. The summed E-state index contributed by atoms with van der Waals surface area (Å²) in [5, 5.41) is 17.3. The normalized spacial score (nSPS) is 8.70. The predicted molar refractivity (Wildman–Crippen MR) is 122 cm³/mol. The molecule has 13 heteroatoms. The molecule has 0 aliphatic rings. The zero-order valence-corrected chi connectivity index (χ0v) is 28.2. The first-order chi connectivity index (χ1) is 16.6. The molecule has 0 saturated heterocycles. The summed E-state index contributed by atoms with van der Waals surface area (Å²) in [5.74, 6) is -1.16. The Bertz CT molecular complexity index is 1050. The van der Waals surface area contributed by atoms with Crippen molar-refractivity contribution in [3.05, 3.63) is 58.7 Å². The van der Waals surface area contributed by atoms with Gasteiger partial charge in [0.1, 0.15) is 22.6 Å². The minimum Gasteiger partial charge on any atom is -1.00 e. The third kappa shape index (κ3) is 15.3. The summed E-state index contributed by atoms with van der Waals surface area (Å²) in [6.07, 6.45) is 0. The van der Waals surface area contributed by atoms with Crippen LogP contribution in [0.25, 0.3) is 0 Å². The van der Waals surface area contributed by atoms with E-state index in [1.54, 1.807) is 25.1 Å². The fourth-order valence-electron chi connectivity index (χ4n) is 2.50. The Labute approximate surface area is 301 Å². The first-order valence-corrected chi connectivity index (χ1v) is 10.2. The number of Topliss-reactive ketones (excluding diaryl/α,β-unsaturated/α-hetero) is 2. The van der Waals surface area contributed by atoms with Gasteiger partial charge in [-0.15, -0.1) is 0 Å². The molecule has 1 N–H and O–H groups in total. The van der Waals surface area contributed by atoms with Gasteiger partial charge in [-0.05, 0) is 64.1 Å². The molecule has 11 nitrogen and oxygen atoms in total. The van der Waals surface area contributed by atoms with Crippen LogP contribution in [0.15, 0.2) is 36.4 Å². The minimum atomic E-state index is -1.10. The first-order valence-electron chi connectivity index (χ1n) is 10.2. The van der Waals surface area contributed by atoms with Crippen molar-refractivity contribution >= 4 is 30.0 Å². The van der Waals surface area contributed by atoms with Crippen LogP contribution in [0.2, 0.25) is 0 Å². The Morgan fingerprint density at radius 3 is 1.54 bits per heavy atom. The maximum Gasteiger partial charge on any atom is 1.00 e. The van der Waals surface area contributed by atoms with E-state index in [0.717, 1.165) is 0 Å². The van der Waals surface area contributed by atoms with Gasteiger partial charge in [-0.3, -0.25) is 14.4 Å². The van der Waals surface area contributed by atoms with Gasteiger partial charge in [0.05, 0.1) is 20.3 Å². The zero-order valence-electron chi connectivity index (χ0n) is 23.0. The molecule has 0 saturated carbocycles. The van der Waals surface area contributed by atoms with Crippen LogP contribution in [0.3, 0.4) is 0 Å². The summed E-state index contributed by atoms with van der Waals surface area (Å²) < 4.78 is 15.1. The number of ether oxygens (including phenoxy) is 3. The van der Waals surface area contributed by atoms with E-state index in [0.29, 0.717) is 30.1 Å². The Balaban J connectivity index is -0.000000250. The fraction of sp³-hybridized carbons (Fsp3) is 0.292. The Hall–Kier alpha value is -0.977. The van der Waals surface area contributed by atoms with Crippen LogP contribution in [0.4, 0.5) is 0 Å². The first kappa shape index (κ1) is 40.5. The quantitative estimate of drug-likeness (QED) is 0.0798. The zero-order chi connectivity index (χ0) is 27.0. The van der Waals surface area contributed by atoms with Crippen LogP contribution >= 0.6 is 0 Å². The average Bonchev–Trinajstić information content (AvgIpc) is 2.84. The van der Waals surface area contributed by atoms with Crippen molar-refractivity contribution in [3.8, 4) is 11.5 Å². The maximum atomic E-state index is 11.5. The summed E-state index contributed by atoms with van der Waals surface area (Å²) in [7, 11) is 1.29. The molecular formula is C24H28K2O11. The van der Waals surface area contributed by atoms with E-state index >= 15 is 0 Å². The standard InChI is InChI=1S/C12H14O4.C11H12O4.CH2O3.2K.H/c1-4-16-11-6-5-9(8(2)13)7-10(11)12(14)15-3;1-3-15-10-5-4-8(7(2)12)6-9(10)11(13)14;2-1-4-3;;;/h5-7H,4H2,1-3H3;4-6H,3H2,1-2H3,(H,13,14);1,3H;;;/q;;;2*+1;-1/p-1. The molecule has 37 heavy (non-hydrogen) atoms. The van der Waals surface area contributed by atoms with Gasteiger partial charge < -0.3 is 30.9 Å². The fourth-order valence-corrected chi connectivity index (χ4v) is 2.50. The number of carbonyl (C=O) groups excluding carboxylic acids is 4. The van der Waals surface area contributed by atoms with Gasteiger partial charge >= 0.3 is 115 Å². The Morgan fingerprint density at radius 2 is 1.24 bits per heavy atom. The Morgan fingerprint density at radius 1 is 0.865 bits per heavy atom. The van der Waals surface area contributed by atoms with Crippen molar-refractivity contribution in [1.82, 2.24) is 0 Å². The van der Waals surface area contributed by atoms with Crippen molar-refractivity contribution in [2.24, 2.45) is 0 Å². The number of aromatic carboxylic acids is 1. The van der Waals surface area contributed by atoms with Crippen LogP contribution in [0.5, 0.6) is 11.5 Å². The molecule has 192 valence electrons. The number of carboxylic acid groups (broad SMARTS) is 1. The molecule has 0 spiro atoms. The van der Waals surface area contributed by atoms with Crippen LogP contribution in [-0.2, 0) is 14.4 Å². The molecule has 2 rings (SSSR count). The molecule has 0 aromatic heterocycles. The van der Waals surface area contributed by atoms with Crippen LogP contribution in [-0.4, -0.2) is 55.4 Å². The van der Waals surface area contributed by atoms with Crippen molar-refractivity contribution in [2.45, 2.75) is 27.7 Å². The third-order valence-corrected chi connectivity index (χ3v) is 4.05. The van der Waals surface area contributed by atoms with Crippen LogP contribution in [0, 0.1) is 0 Å². The maximum absolute atomic E-state index is 11.5.